The second-order valence-corrected chi connectivity index (χ2v) is 6.52. The van der Waals surface area contributed by atoms with Crippen molar-refractivity contribution in [3.63, 3.8) is 0 Å². The van der Waals surface area contributed by atoms with Crippen LogP contribution in [0.1, 0.15) is 35.8 Å². The van der Waals surface area contributed by atoms with Crippen LogP contribution in [0, 0.1) is 5.82 Å². The Hall–Kier alpha value is -2.09. The highest BCUT2D eigenvalue weighted by molar-refractivity contribution is 7.97. The molecule has 2 heterocycles. The maximum Gasteiger partial charge on any atom is 0.318 e. The minimum Gasteiger partial charge on any atom is -0.337 e. The van der Waals surface area contributed by atoms with E-state index in [-0.39, 0.29) is 24.4 Å². The summed E-state index contributed by atoms with van der Waals surface area (Å²) < 4.78 is 18.6. The SMILES string of the molecule is CSCc1noc(CNC(=O)N2CCc3ccc(F)cc3[C@H]2C)n1. The minimum absolute atomic E-state index is 0.180. The van der Waals surface area contributed by atoms with Crippen LogP contribution in [0.2, 0.25) is 0 Å². The number of fused-ring (bicyclic) bond motifs is 1. The quantitative estimate of drug-likeness (QED) is 0.918. The van der Waals surface area contributed by atoms with Gasteiger partial charge in [0.1, 0.15) is 5.82 Å². The van der Waals surface area contributed by atoms with E-state index in [9.17, 15) is 9.18 Å². The summed E-state index contributed by atoms with van der Waals surface area (Å²) in [6.45, 7) is 2.67. The number of urea groups is 1. The van der Waals surface area contributed by atoms with E-state index in [1.54, 1.807) is 22.7 Å². The van der Waals surface area contributed by atoms with E-state index >= 15 is 0 Å². The Kier molecular flexibility index (Phi) is 5.03. The summed E-state index contributed by atoms with van der Waals surface area (Å²) in [4.78, 5) is 18.3. The first-order valence-electron chi connectivity index (χ1n) is 7.71. The fourth-order valence-electron chi connectivity index (χ4n) is 2.86. The van der Waals surface area contributed by atoms with Gasteiger partial charge in [0, 0.05) is 6.54 Å². The number of aromatic nitrogens is 2. The highest BCUT2D eigenvalue weighted by atomic mass is 32.2. The van der Waals surface area contributed by atoms with Crippen molar-refractivity contribution in [2.75, 3.05) is 12.8 Å². The number of rotatable bonds is 4. The Morgan fingerprint density at radius 1 is 1.54 bits per heavy atom. The van der Waals surface area contributed by atoms with Gasteiger partial charge in [-0.05, 0) is 42.9 Å². The molecule has 1 aromatic heterocycles. The number of carbonyl (C=O) groups is 1. The summed E-state index contributed by atoms with van der Waals surface area (Å²) in [5.74, 6) is 1.38. The number of thioether (sulfide) groups is 1. The molecule has 1 N–H and O–H groups in total. The molecule has 1 atom stereocenters. The molecule has 128 valence electrons. The fraction of sp³-hybridized carbons (Fsp3) is 0.438. The van der Waals surface area contributed by atoms with E-state index in [1.165, 1.54) is 12.1 Å². The lowest BCUT2D eigenvalue weighted by molar-refractivity contribution is 0.172. The summed E-state index contributed by atoms with van der Waals surface area (Å²) in [7, 11) is 0. The van der Waals surface area contributed by atoms with Crippen molar-refractivity contribution >= 4 is 17.8 Å². The molecule has 2 amide bonds. The fourth-order valence-corrected chi connectivity index (χ4v) is 3.24. The first-order valence-corrected chi connectivity index (χ1v) is 9.11. The summed E-state index contributed by atoms with van der Waals surface area (Å²) in [6, 6.07) is 4.36. The number of carbonyl (C=O) groups excluding carboxylic acids is 1. The van der Waals surface area contributed by atoms with Gasteiger partial charge < -0.3 is 14.7 Å². The molecule has 0 radical (unpaired) electrons. The number of nitrogens with one attached hydrogen (secondary N) is 1. The third kappa shape index (κ3) is 3.53. The summed E-state index contributed by atoms with van der Waals surface area (Å²) in [5.41, 5.74) is 1.95. The maximum atomic E-state index is 13.5. The zero-order valence-electron chi connectivity index (χ0n) is 13.6. The summed E-state index contributed by atoms with van der Waals surface area (Å²) in [5, 5.41) is 6.63. The molecule has 0 unspecified atom stereocenters. The molecule has 0 spiro atoms. The van der Waals surface area contributed by atoms with Gasteiger partial charge in [0.25, 0.3) is 0 Å². The summed E-state index contributed by atoms with van der Waals surface area (Å²) in [6.07, 6.45) is 2.67. The number of halogens is 1. The van der Waals surface area contributed by atoms with Crippen LogP contribution in [0.15, 0.2) is 22.7 Å². The van der Waals surface area contributed by atoms with Crippen LogP contribution in [0.3, 0.4) is 0 Å². The molecule has 0 saturated carbocycles. The summed E-state index contributed by atoms with van der Waals surface area (Å²) >= 11 is 1.60. The monoisotopic (exact) mass is 350 g/mol. The van der Waals surface area contributed by atoms with Gasteiger partial charge in [-0.2, -0.15) is 16.7 Å². The van der Waals surface area contributed by atoms with Crippen molar-refractivity contribution in [1.82, 2.24) is 20.4 Å². The van der Waals surface area contributed by atoms with Crippen LogP contribution < -0.4 is 5.32 Å². The number of hydrogen-bond donors (Lipinski definition) is 1. The van der Waals surface area contributed by atoms with Gasteiger partial charge >= 0.3 is 6.03 Å². The van der Waals surface area contributed by atoms with Gasteiger partial charge in [-0.3, -0.25) is 0 Å². The Balaban J connectivity index is 1.62. The number of benzene rings is 1. The van der Waals surface area contributed by atoms with E-state index in [0.717, 1.165) is 11.1 Å². The van der Waals surface area contributed by atoms with Crippen LogP contribution in [0.25, 0.3) is 0 Å². The van der Waals surface area contributed by atoms with Crippen LogP contribution in [-0.2, 0) is 18.7 Å². The smallest absolute Gasteiger partial charge is 0.318 e. The highest BCUT2D eigenvalue weighted by Gasteiger charge is 2.28. The van der Waals surface area contributed by atoms with Gasteiger partial charge in [0.2, 0.25) is 5.89 Å². The van der Waals surface area contributed by atoms with Gasteiger partial charge in [-0.25, -0.2) is 9.18 Å². The largest absolute Gasteiger partial charge is 0.337 e. The Morgan fingerprint density at radius 2 is 2.38 bits per heavy atom. The molecular weight excluding hydrogens is 331 g/mol. The Morgan fingerprint density at radius 3 is 3.17 bits per heavy atom. The average molecular weight is 350 g/mol. The van der Waals surface area contributed by atoms with Crippen molar-refractivity contribution in [3.8, 4) is 0 Å². The molecule has 3 rings (SSSR count). The zero-order chi connectivity index (χ0) is 17.1. The number of amides is 2. The predicted molar refractivity (Wildman–Crippen MR) is 89.0 cm³/mol. The van der Waals surface area contributed by atoms with Gasteiger partial charge in [-0.15, -0.1) is 0 Å². The Labute approximate surface area is 143 Å². The highest BCUT2D eigenvalue weighted by Crippen LogP contribution is 2.29. The molecule has 8 heteroatoms. The normalized spacial score (nSPS) is 16.8. The first kappa shape index (κ1) is 16.8. The molecule has 2 aromatic rings. The van der Waals surface area contributed by atoms with E-state index in [0.29, 0.717) is 30.4 Å². The zero-order valence-corrected chi connectivity index (χ0v) is 14.4. The molecule has 0 bridgehead atoms. The molecule has 1 aliphatic rings. The van der Waals surface area contributed by atoms with E-state index < -0.39 is 0 Å². The van der Waals surface area contributed by atoms with Gasteiger partial charge in [0.15, 0.2) is 5.82 Å². The standard InChI is InChI=1S/C16H19FN4O2S/c1-10-13-7-12(17)4-3-11(13)5-6-21(10)16(22)18-8-15-19-14(9-24-2)20-23-15/h3-4,7,10H,5-6,8-9H2,1-2H3,(H,18,22)/t10-/m1/s1. The first-order chi connectivity index (χ1) is 11.6. The average Bonchev–Trinajstić information content (AvgIpc) is 3.01. The van der Waals surface area contributed by atoms with Gasteiger partial charge in [-0.1, -0.05) is 11.2 Å². The van der Waals surface area contributed by atoms with Crippen molar-refractivity contribution in [1.29, 1.82) is 0 Å². The lowest BCUT2D eigenvalue weighted by Gasteiger charge is -2.35. The molecule has 1 aromatic carbocycles. The molecule has 6 nitrogen and oxygen atoms in total. The molecular formula is C16H19FN4O2S. The second kappa shape index (κ2) is 7.21. The van der Waals surface area contributed by atoms with Crippen LogP contribution in [0.4, 0.5) is 9.18 Å². The van der Waals surface area contributed by atoms with Crippen molar-refractivity contribution in [3.05, 3.63) is 46.9 Å². The van der Waals surface area contributed by atoms with Crippen molar-refractivity contribution < 1.29 is 13.7 Å². The van der Waals surface area contributed by atoms with Crippen molar-refractivity contribution in [2.24, 2.45) is 0 Å². The lowest BCUT2D eigenvalue weighted by atomic mass is 9.94. The molecule has 0 saturated heterocycles. The molecule has 0 fully saturated rings. The second-order valence-electron chi connectivity index (χ2n) is 5.66. The van der Waals surface area contributed by atoms with Crippen LogP contribution in [-0.4, -0.2) is 33.9 Å². The third-order valence-corrected chi connectivity index (χ3v) is 4.63. The predicted octanol–water partition coefficient (Wildman–Crippen LogP) is 2.90. The van der Waals surface area contributed by atoms with E-state index in [2.05, 4.69) is 15.5 Å². The minimum atomic E-state index is -0.282. The van der Waals surface area contributed by atoms with E-state index in [1.807, 2.05) is 13.2 Å². The van der Waals surface area contributed by atoms with Crippen LogP contribution >= 0.6 is 11.8 Å². The molecule has 24 heavy (non-hydrogen) atoms. The van der Waals surface area contributed by atoms with Crippen molar-refractivity contribution in [2.45, 2.75) is 31.7 Å². The number of hydrogen-bond acceptors (Lipinski definition) is 5. The molecule has 0 aliphatic carbocycles. The van der Waals surface area contributed by atoms with Crippen LogP contribution in [0.5, 0.6) is 0 Å². The van der Waals surface area contributed by atoms with Gasteiger partial charge in [0.05, 0.1) is 18.3 Å². The Bertz CT molecular complexity index is 737. The third-order valence-electron chi connectivity index (χ3n) is 4.08. The molecule has 1 aliphatic heterocycles. The number of nitrogens with zero attached hydrogens (tertiary/aromatic N) is 3. The maximum absolute atomic E-state index is 13.5. The topological polar surface area (TPSA) is 71.3 Å². The lowest BCUT2D eigenvalue weighted by Crippen LogP contribution is -2.44. The van der Waals surface area contributed by atoms with E-state index in [4.69, 9.17) is 4.52 Å².